The Hall–Kier alpha value is -2.56. The van der Waals surface area contributed by atoms with Crippen LogP contribution in [0, 0.1) is 30.9 Å². The van der Waals surface area contributed by atoms with Gasteiger partial charge < -0.3 is 4.74 Å². The van der Waals surface area contributed by atoms with Crippen molar-refractivity contribution in [1.82, 2.24) is 9.29 Å². The fraction of sp³-hybridized carbons (Fsp3) is 0.381. The lowest BCUT2D eigenvalue weighted by Crippen LogP contribution is -2.41. The van der Waals surface area contributed by atoms with Crippen molar-refractivity contribution in [3.8, 4) is 5.19 Å². The number of hydrogen-bond donors (Lipinski definition) is 0. The monoisotopic (exact) mass is 461 g/mol. The van der Waals surface area contributed by atoms with E-state index in [0.717, 1.165) is 27.4 Å². The molecular weight excluding hydrogens is 438 g/mol. The number of sulfonamides is 1. The van der Waals surface area contributed by atoms with Crippen LogP contribution in [0.15, 0.2) is 35.2 Å². The average molecular weight is 462 g/mol. The first-order valence-electron chi connectivity index (χ1n) is 9.95. The molecule has 164 valence electrons. The van der Waals surface area contributed by atoms with E-state index in [1.165, 1.54) is 27.8 Å². The van der Waals surface area contributed by atoms with Crippen LogP contribution >= 0.6 is 11.3 Å². The van der Waals surface area contributed by atoms with Gasteiger partial charge in [-0.2, -0.15) is 4.31 Å². The Morgan fingerprint density at radius 3 is 2.39 bits per heavy atom. The number of piperidine rings is 1. The number of benzene rings is 2. The molecule has 0 amide bonds. The van der Waals surface area contributed by atoms with Gasteiger partial charge in [-0.25, -0.2) is 13.4 Å². The Morgan fingerprint density at radius 2 is 1.74 bits per heavy atom. The molecule has 0 aliphatic carbocycles. The van der Waals surface area contributed by atoms with Crippen LogP contribution in [0.5, 0.6) is 5.19 Å². The van der Waals surface area contributed by atoms with Gasteiger partial charge in [0.15, 0.2) is 0 Å². The summed E-state index contributed by atoms with van der Waals surface area (Å²) in [6.45, 7) is 6.28. The van der Waals surface area contributed by atoms with Crippen molar-refractivity contribution in [2.45, 2.75) is 44.6 Å². The highest BCUT2D eigenvalue weighted by molar-refractivity contribution is 7.89. The molecule has 31 heavy (non-hydrogen) atoms. The van der Waals surface area contributed by atoms with E-state index in [2.05, 4.69) is 11.1 Å². The number of ether oxygens (including phenoxy) is 1. The fourth-order valence-electron chi connectivity index (χ4n) is 3.74. The van der Waals surface area contributed by atoms with E-state index in [4.69, 9.17) is 4.74 Å². The molecular formula is C21H23N3O5S2. The molecule has 0 spiro atoms. The van der Waals surface area contributed by atoms with Crippen molar-refractivity contribution < 1.29 is 18.1 Å². The van der Waals surface area contributed by atoms with Gasteiger partial charge in [0.25, 0.3) is 10.9 Å². The summed E-state index contributed by atoms with van der Waals surface area (Å²) in [6.07, 6.45) is 0.932. The maximum absolute atomic E-state index is 13.1. The summed E-state index contributed by atoms with van der Waals surface area (Å²) in [5.41, 5.74) is 3.45. The molecule has 0 atom stereocenters. The van der Waals surface area contributed by atoms with E-state index < -0.39 is 14.9 Å². The average Bonchev–Trinajstić information content (AvgIpc) is 3.16. The summed E-state index contributed by atoms with van der Waals surface area (Å²) in [6, 6.07) is 8.03. The zero-order valence-corrected chi connectivity index (χ0v) is 19.1. The molecule has 1 saturated heterocycles. The molecule has 1 fully saturated rings. The maximum Gasteiger partial charge on any atom is 0.274 e. The summed E-state index contributed by atoms with van der Waals surface area (Å²) in [5, 5.41) is 11.7. The van der Waals surface area contributed by atoms with Crippen LogP contribution in [0.2, 0.25) is 0 Å². The Kier molecular flexibility index (Phi) is 5.71. The highest BCUT2D eigenvalue weighted by Crippen LogP contribution is 2.34. The zero-order valence-electron chi connectivity index (χ0n) is 17.5. The quantitative estimate of drug-likeness (QED) is 0.413. The van der Waals surface area contributed by atoms with Gasteiger partial charge >= 0.3 is 0 Å². The molecule has 8 nitrogen and oxygen atoms in total. The summed E-state index contributed by atoms with van der Waals surface area (Å²) in [7, 11) is -3.82. The largest absolute Gasteiger partial charge is 0.467 e. The first kappa shape index (κ1) is 21.7. The highest BCUT2D eigenvalue weighted by Gasteiger charge is 2.32. The molecule has 0 bridgehead atoms. The van der Waals surface area contributed by atoms with Crippen molar-refractivity contribution in [3.05, 3.63) is 57.1 Å². The molecule has 1 aliphatic rings. The topological polar surface area (TPSA) is 103 Å². The molecule has 1 aliphatic heterocycles. The first-order chi connectivity index (χ1) is 14.7. The van der Waals surface area contributed by atoms with E-state index in [1.54, 1.807) is 6.92 Å². The van der Waals surface area contributed by atoms with E-state index >= 15 is 0 Å². The number of aromatic nitrogens is 1. The number of hydrogen-bond acceptors (Lipinski definition) is 7. The minimum absolute atomic E-state index is 0.0156. The third-order valence-corrected chi connectivity index (χ3v) is 8.71. The molecule has 1 aromatic heterocycles. The third kappa shape index (κ3) is 4.15. The van der Waals surface area contributed by atoms with Crippen LogP contribution in [0.1, 0.15) is 29.5 Å². The minimum Gasteiger partial charge on any atom is -0.467 e. The normalized spacial score (nSPS) is 16.0. The van der Waals surface area contributed by atoms with Crippen molar-refractivity contribution in [2.24, 2.45) is 0 Å². The Bertz CT molecular complexity index is 1220. The van der Waals surface area contributed by atoms with Crippen molar-refractivity contribution in [2.75, 3.05) is 13.1 Å². The number of thiazole rings is 1. The van der Waals surface area contributed by atoms with E-state index in [0.29, 0.717) is 23.6 Å². The predicted molar refractivity (Wildman–Crippen MR) is 119 cm³/mol. The number of nitro groups is 1. The molecule has 0 radical (unpaired) electrons. The number of fused-ring (bicyclic) bond motifs is 1. The SMILES string of the molecule is Cc1ccc([N+](=O)[O-])cc1S(=O)(=O)N1CCC(Oc2nc3c(C)ccc(C)c3s2)CC1. The van der Waals surface area contributed by atoms with Gasteiger partial charge in [0.05, 0.1) is 20.0 Å². The number of nitro benzene ring substituents is 1. The van der Waals surface area contributed by atoms with Gasteiger partial charge in [-0.3, -0.25) is 10.1 Å². The first-order valence-corrected chi connectivity index (χ1v) is 12.2. The second-order valence-corrected chi connectivity index (χ2v) is 10.7. The Morgan fingerprint density at radius 1 is 1.10 bits per heavy atom. The van der Waals surface area contributed by atoms with Gasteiger partial charge in [0.1, 0.15) is 6.10 Å². The summed E-state index contributed by atoms with van der Waals surface area (Å²) in [4.78, 5) is 15.1. The Balaban J connectivity index is 1.47. The molecule has 2 aromatic carbocycles. The number of nitrogens with zero attached hydrogens (tertiary/aromatic N) is 3. The molecule has 2 heterocycles. The van der Waals surface area contributed by atoms with Crippen LogP contribution in [-0.2, 0) is 10.0 Å². The van der Waals surface area contributed by atoms with Crippen LogP contribution in [0.25, 0.3) is 10.2 Å². The third-order valence-electron chi connectivity index (χ3n) is 5.59. The van der Waals surface area contributed by atoms with Crippen molar-refractivity contribution in [3.63, 3.8) is 0 Å². The van der Waals surface area contributed by atoms with E-state index in [1.807, 2.05) is 19.9 Å². The number of rotatable bonds is 5. The maximum atomic E-state index is 13.1. The lowest BCUT2D eigenvalue weighted by molar-refractivity contribution is -0.385. The molecule has 3 aromatic rings. The summed E-state index contributed by atoms with van der Waals surface area (Å²) in [5.74, 6) is 0. The van der Waals surface area contributed by atoms with Gasteiger partial charge in [-0.15, -0.1) is 0 Å². The van der Waals surface area contributed by atoms with Gasteiger partial charge in [0, 0.05) is 25.2 Å². The molecule has 4 rings (SSSR count). The van der Waals surface area contributed by atoms with Crippen LogP contribution in [0.3, 0.4) is 0 Å². The van der Waals surface area contributed by atoms with Crippen LogP contribution in [0.4, 0.5) is 5.69 Å². The lowest BCUT2D eigenvalue weighted by Gasteiger charge is -2.31. The van der Waals surface area contributed by atoms with Crippen LogP contribution in [-0.4, -0.2) is 41.8 Å². The smallest absolute Gasteiger partial charge is 0.274 e. The number of aryl methyl sites for hydroxylation is 3. The summed E-state index contributed by atoms with van der Waals surface area (Å²) >= 11 is 1.51. The zero-order chi connectivity index (χ0) is 22.3. The fourth-order valence-corrected chi connectivity index (χ4v) is 6.48. The second-order valence-electron chi connectivity index (χ2n) is 7.79. The van der Waals surface area contributed by atoms with E-state index in [9.17, 15) is 18.5 Å². The van der Waals surface area contributed by atoms with Gasteiger partial charge in [0.2, 0.25) is 10.0 Å². The summed E-state index contributed by atoms with van der Waals surface area (Å²) < 4.78 is 34.8. The lowest BCUT2D eigenvalue weighted by atomic mass is 10.1. The predicted octanol–water partition coefficient (Wildman–Crippen LogP) is 4.36. The van der Waals surface area contributed by atoms with Crippen LogP contribution < -0.4 is 4.74 Å². The second kappa shape index (κ2) is 8.18. The van der Waals surface area contributed by atoms with Gasteiger partial charge in [-0.1, -0.05) is 29.5 Å². The van der Waals surface area contributed by atoms with Crippen molar-refractivity contribution in [1.29, 1.82) is 0 Å². The van der Waals surface area contributed by atoms with Gasteiger partial charge in [-0.05, 0) is 50.3 Å². The molecule has 0 N–H and O–H groups in total. The molecule has 0 saturated carbocycles. The van der Waals surface area contributed by atoms with Crippen molar-refractivity contribution >= 4 is 37.3 Å². The standard InChI is InChI=1S/C21H23N3O5S2/c1-13-6-7-16(24(25)26)12-18(13)31(27,28)23-10-8-17(9-11-23)29-21-22-19-14(2)4-5-15(3)20(19)30-21/h4-7,12,17H,8-11H2,1-3H3. The minimum atomic E-state index is -3.82. The van der Waals surface area contributed by atoms with E-state index in [-0.39, 0.29) is 29.8 Å². The Labute approximate surface area is 184 Å². The highest BCUT2D eigenvalue weighted by atomic mass is 32.2. The molecule has 0 unspecified atom stereocenters. The number of non-ortho nitro benzene ring substituents is 1. The molecule has 10 heteroatoms.